The number of anilines is 3. The second-order valence-corrected chi connectivity index (χ2v) is 6.12. The summed E-state index contributed by atoms with van der Waals surface area (Å²) < 4.78 is 5.40. The second-order valence-electron chi connectivity index (χ2n) is 6.12. The first-order valence-corrected chi connectivity index (χ1v) is 7.99. The van der Waals surface area contributed by atoms with Gasteiger partial charge in [-0.15, -0.1) is 0 Å². The summed E-state index contributed by atoms with van der Waals surface area (Å²) in [7, 11) is 1.67. The predicted molar refractivity (Wildman–Crippen MR) is 95.7 cm³/mol. The number of hydrogen-bond donors (Lipinski definition) is 2. The Morgan fingerprint density at radius 2 is 1.83 bits per heavy atom. The lowest BCUT2D eigenvalue weighted by Crippen LogP contribution is -2.08. The molecule has 0 atom stereocenters. The molecule has 0 saturated carbocycles. The molecule has 0 amide bonds. The van der Waals surface area contributed by atoms with Gasteiger partial charge < -0.3 is 15.4 Å². The van der Waals surface area contributed by atoms with Crippen molar-refractivity contribution in [3.63, 3.8) is 0 Å². The van der Waals surface area contributed by atoms with E-state index in [0.717, 1.165) is 47.4 Å². The second kappa shape index (κ2) is 7.81. The van der Waals surface area contributed by atoms with Crippen LogP contribution < -0.4 is 15.4 Å². The fourth-order valence-corrected chi connectivity index (χ4v) is 2.27. The van der Waals surface area contributed by atoms with Gasteiger partial charge in [0, 0.05) is 12.6 Å². The molecule has 0 fully saturated rings. The van der Waals surface area contributed by atoms with E-state index < -0.39 is 0 Å². The minimum Gasteiger partial charge on any atom is -0.495 e. The van der Waals surface area contributed by atoms with E-state index in [0.29, 0.717) is 5.92 Å². The number of nitrogens with zero attached hydrogens (tertiary/aromatic N) is 2. The molecular weight excluding hydrogens is 288 g/mol. The summed E-state index contributed by atoms with van der Waals surface area (Å²) in [5, 5.41) is 6.69. The molecule has 0 aliphatic carbocycles. The lowest BCUT2D eigenvalue weighted by atomic mass is 10.1. The molecule has 0 aliphatic heterocycles. The van der Waals surface area contributed by atoms with E-state index in [2.05, 4.69) is 41.4 Å². The van der Waals surface area contributed by atoms with Gasteiger partial charge in [0.15, 0.2) is 0 Å². The molecule has 0 bridgehead atoms. The fraction of sp³-hybridized carbons (Fsp3) is 0.444. The van der Waals surface area contributed by atoms with Gasteiger partial charge in [-0.1, -0.05) is 19.9 Å². The van der Waals surface area contributed by atoms with E-state index in [1.54, 1.807) is 7.11 Å². The molecule has 2 aromatic rings. The van der Waals surface area contributed by atoms with Crippen LogP contribution in [-0.4, -0.2) is 23.6 Å². The standard InChI is InChI=1S/C18H26N4O/c1-12(2)8-9-19-17-11-18(21-14(4)20-17)22-15-10-13(3)6-7-16(15)23-5/h6-7,10-12H,8-9H2,1-5H3,(H2,19,20,21,22). The summed E-state index contributed by atoms with van der Waals surface area (Å²) in [6, 6.07) is 7.94. The van der Waals surface area contributed by atoms with Crippen LogP contribution in [0.15, 0.2) is 24.3 Å². The van der Waals surface area contributed by atoms with Crippen LogP contribution in [0.2, 0.25) is 0 Å². The van der Waals surface area contributed by atoms with Gasteiger partial charge in [0.25, 0.3) is 0 Å². The Kier molecular flexibility index (Phi) is 5.79. The summed E-state index contributed by atoms with van der Waals surface area (Å²) in [5.41, 5.74) is 2.06. The van der Waals surface area contributed by atoms with Crippen LogP contribution in [0.25, 0.3) is 0 Å². The first-order valence-electron chi connectivity index (χ1n) is 7.99. The van der Waals surface area contributed by atoms with Crippen LogP contribution in [0.1, 0.15) is 31.7 Å². The molecular formula is C18H26N4O. The number of methoxy groups -OCH3 is 1. The van der Waals surface area contributed by atoms with Gasteiger partial charge >= 0.3 is 0 Å². The quantitative estimate of drug-likeness (QED) is 0.798. The van der Waals surface area contributed by atoms with Gasteiger partial charge in [0.2, 0.25) is 0 Å². The third-order valence-corrected chi connectivity index (χ3v) is 3.48. The Morgan fingerprint density at radius 3 is 2.52 bits per heavy atom. The van der Waals surface area contributed by atoms with E-state index in [1.807, 2.05) is 31.2 Å². The van der Waals surface area contributed by atoms with E-state index in [-0.39, 0.29) is 0 Å². The van der Waals surface area contributed by atoms with Crippen LogP contribution in [-0.2, 0) is 0 Å². The van der Waals surface area contributed by atoms with E-state index >= 15 is 0 Å². The van der Waals surface area contributed by atoms with Crippen LogP contribution in [0.3, 0.4) is 0 Å². The van der Waals surface area contributed by atoms with Crippen molar-refractivity contribution in [3.05, 3.63) is 35.7 Å². The zero-order chi connectivity index (χ0) is 16.8. The predicted octanol–water partition coefficient (Wildman–Crippen LogP) is 4.30. The Hall–Kier alpha value is -2.30. The van der Waals surface area contributed by atoms with Crippen molar-refractivity contribution >= 4 is 17.3 Å². The third-order valence-electron chi connectivity index (χ3n) is 3.48. The highest BCUT2D eigenvalue weighted by atomic mass is 16.5. The Morgan fingerprint density at radius 1 is 1.09 bits per heavy atom. The molecule has 2 rings (SSSR count). The smallest absolute Gasteiger partial charge is 0.142 e. The van der Waals surface area contributed by atoms with Gasteiger partial charge in [-0.25, -0.2) is 9.97 Å². The lowest BCUT2D eigenvalue weighted by Gasteiger charge is -2.13. The minimum atomic E-state index is 0.666. The summed E-state index contributed by atoms with van der Waals surface area (Å²) in [6.45, 7) is 9.27. The fourth-order valence-electron chi connectivity index (χ4n) is 2.27. The molecule has 5 heteroatoms. The monoisotopic (exact) mass is 314 g/mol. The van der Waals surface area contributed by atoms with E-state index in [1.165, 1.54) is 0 Å². The highest BCUT2D eigenvalue weighted by molar-refractivity contribution is 5.66. The van der Waals surface area contributed by atoms with Crippen molar-refractivity contribution in [1.29, 1.82) is 0 Å². The summed E-state index contributed by atoms with van der Waals surface area (Å²) >= 11 is 0. The van der Waals surface area contributed by atoms with Crippen LogP contribution in [0.5, 0.6) is 5.75 Å². The van der Waals surface area contributed by atoms with Crippen LogP contribution >= 0.6 is 0 Å². The van der Waals surface area contributed by atoms with E-state index in [9.17, 15) is 0 Å². The number of nitrogens with one attached hydrogen (secondary N) is 2. The maximum atomic E-state index is 5.40. The minimum absolute atomic E-state index is 0.666. The number of hydrogen-bond acceptors (Lipinski definition) is 5. The van der Waals surface area contributed by atoms with Gasteiger partial charge in [-0.05, 0) is 43.9 Å². The average Bonchev–Trinajstić information content (AvgIpc) is 2.46. The molecule has 23 heavy (non-hydrogen) atoms. The molecule has 0 aliphatic rings. The molecule has 124 valence electrons. The first-order chi connectivity index (χ1) is 11.0. The number of rotatable bonds is 7. The molecule has 0 unspecified atom stereocenters. The molecule has 2 N–H and O–H groups in total. The van der Waals surface area contributed by atoms with Gasteiger partial charge in [-0.3, -0.25) is 0 Å². The Labute approximate surface area is 138 Å². The summed E-state index contributed by atoms with van der Waals surface area (Å²) in [6.07, 6.45) is 1.11. The molecule has 5 nitrogen and oxygen atoms in total. The highest BCUT2D eigenvalue weighted by Gasteiger charge is 2.07. The Balaban J connectivity index is 2.17. The average molecular weight is 314 g/mol. The topological polar surface area (TPSA) is 59.1 Å². The largest absolute Gasteiger partial charge is 0.495 e. The highest BCUT2D eigenvalue weighted by Crippen LogP contribution is 2.28. The zero-order valence-electron chi connectivity index (χ0n) is 14.6. The van der Waals surface area contributed by atoms with Crippen molar-refractivity contribution in [1.82, 2.24) is 9.97 Å². The number of benzene rings is 1. The van der Waals surface area contributed by atoms with E-state index in [4.69, 9.17) is 4.74 Å². The number of aryl methyl sites for hydroxylation is 2. The third kappa shape index (κ3) is 5.13. The molecule has 1 heterocycles. The van der Waals surface area contributed by atoms with Gasteiger partial charge in [0.05, 0.1) is 12.8 Å². The van der Waals surface area contributed by atoms with Crippen molar-refractivity contribution in [2.75, 3.05) is 24.3 Å². The maximum absolute atomic E-state index is 5.40. The van der Waals surface area contributed by atoms with Gasteiger partial charge in [-0.2, -0.15) is 0 Å². The molecule has 0 radical (unpaired) electrons. The Bertz CT molecular complexity index is 655. The maximum Gasteiger partial charge on any atom is 0.142 e. The van der Waals surface area contributed by atoms with Crippen molar-refractivity contribution in [3.8, 4) is 5.75 Å². The van der Waals surface area contributed by atoms with Crippen molar-refractivity contribution in [2.24, 2.45) is 5.92 Å². The molecule has 0 spiro atoms. The molecule has 0 saturated heterocycles. The lowest BCUT2D eigenvalue weighted by molar-refractivity contribution is 0.416. The first kappa shape index (κ1) is 17.1. The molecule has 1 aromatic carbocycles. The zero-order valence-corrected chi connectivity index (χ0v) is 14.6. The van der Waals surface area contributed by atoms with Crippen molar-refractivity contribution in [2.45, 2.75) is 34.1 Å². The van der Waals surface area contributed by atoms with Gasteiger partial charge in [0.1, 0.15) is 23.2 Å². The number of ether oxygens (including phenoxy) is 1. The SMILES string of the molecule is COc1ccc(C)cc1Nc1cc(NCCC(C)C)nc(C)n1. The summed E-state index contributed by atoms with van der Waals surface area (Å²) in [4.78, 5) is 8.90. The normalized spacial score (nSPS) is 10.7. The number of aromatic nitrogens is 2. The van der Waals surface area contributed by atoms with Crippen molar-refractivity contribution < 1.29 is 4.74 Å². The molecule has 1 aromatic heterocycles. The van der Waals surface area contributed by atoms with Crippen LogP contribution in [0.4, 0.5) is 17.3 Å². The van der Waals surface area contributed by atoms with Crippen LogP contribution in [0, 0.1) is 19.8 Å². The summed E-state index contributed by atoms with van der Waals surface area (Å²) in [5.74, 6) is 3.79.